The Balaban J connectivity index is 2.85. The first kappa shape index (κ1) is 6.58. The van der Waals surface area contributed by atoms with Crippen LogP contribution in [-0.4, -0.2) is 15.8 Å². The minimum absolute atomic E-state index is 0.775. The van der Waals surface area contributed by atoms with Crippen molar-refractivity contribution in [2.24, 2.45) is 0 Å². The Morgan fingerprint density at radius 3 is 2.78 bits per heavy atom. The van der Waals surface area contributed by atoms with E-state index in [0.29, 0.717) is 0 Å². The summed E-state index contributed by atoms with van der Waals surface area (Å²) in [5.41, 5.74) is 0. The molecule has 0 N–H and O–H groups in total. The van der Waals surface area contributed by atoms with Crippen molar-refractivity contribution in [2.75, 3.05) is 6.26 Å². The van der Waals surface area contributed by atoms with Gasteiger partial charge in [-0.05, 0) is 23.3 Å². The first-order valence-electron chi connectivity index (χ1n) is 2.54. The highest BCUT2D eigenvalue weighted by Gasteiger charge is 1.99. The van der Waals surface area contributed by atoms with Crippen LogP contribution in [0, 0.1) is 0 Å². The molecule has 3 heteroatoms. The van der Waals surface area contributed by atoms with Crippen molar-refractivity contribution in [1.29, 1.82) is 0 Å². The van der Waals surface area contributed by atoms with Gasteiger partial charge in [0.25, 0.3) is 0 Å². The van der Waals surface area contributed by atoms with E-state index in [1.165, 1.54) is 0 Å². The standard InChI is InChI=1S/C6H7NOS/c1-9(8)6-3-2-4-7-5-6/h2-5H,1H3. The highest BCUT2D eigenvalue weighted by Crippen LogP contribution is 2.03. The first-order valence-corrected chi connectivity index (χ1v) is 4.10. The van der Waals surface area contributed by atoms with Crippen molar-refractivity contribution in [3.8, 4) is 0 Å². The SMILES string of the molecule is C[S+]([O-])c1cccnc1. The number of hydrogen-bond donors (Lipinski definition) is 0. The van der Waals surface area contributed by atoms with E-state index in [4.69, 9.17) is 0 Å². The van der Waals surface area contributed by atoms with Gasteiger partial charge in [-0.1, -0.05) is 0 Å². The Labute approximate surface area is 57.1 Å². The molecule has 2 nitrogen and oxygen atoms in total. The van der Waals surface area contributed by atoms with Crippen LogP contribution in [-0.2, 0) is 11.2 Å². The van der Waals surface area contributed by atoms with Gasteiger partial charge in [0.15, 0.2) is 4.90 Å². The predicted octanol–water partition coefficient (Wildman–Crippen LogP) is 0.819. The molecule has 0 fully saturated rings. The molecule has 0 aliphatic heterocycles. The van der Waals surface area contributed by atoms with Crippen LogP contribution in [0.5, 0.6) is 0 Å². The molecule has 0 spiro atoms. The van der Waals surface area contributed by atoms with Crippen molar-refractivity contribution in [1.82, 2.24) is 4.98 Å². The second-order valence-electron chi connectivity index (χ2n) is 1.64. The number of rotatable bonds is 1. The number of hydrogen-bond acceptors (Lipinski definition) is 2. The van der Waals surface area contributed by atoms with Crippen LogP contribution in [0.4, 0.5) is 0 Å². The molecule has 1 atom stereocenters. The van der Waals surface area contributed by atoms with Crippen LogP contribution >= 0.6 is 0 Å². The van der Waals surface area contributed by atoms with Crippen LogP contribution in [0.2, 0.25) is 0 Å². The van der Waals surface area contributed by atoms with Crippen LogP contribution < -0.4 is 0 Å². The van der Waals surface area contributed by atoms with Gasteiger partial charge in [0, 0.05) is 6.20 Å². The maximum absolute atomic E-state index is 10.7. The first-order chi connectivity index (χ1) is 4.30. The highest BCUT2D eigenvalue weighted by atomic mass is 32.2. The Morgan fingerprint density at radius 1 is 1.67 bits per heavy atom. The summed E-state index contributed by atoms with van der Waals surface area (Å²) in [5, 5.41) is 0. The predicted molar refractivity (Wildman–Crippen MR) is 36.6 cm³/mol. The molecule has 0 aliphatic rings. The van der Waals surface area contributed by atoms with Gasteiger partial charge < -0.3 is 4.55 Å². The summed E-state index contributed by atoms with van der Waals surface area (Å²) in [6.45, 7) is 0. The molecule has 0 amide bonds. The Hall–Kier alpha value is -0.540. The zero-order valence-electron chi connectivity index (χ0n) is 5.07. The van der Waals surface area contributed by atoms with E-state index >= 15 is 0 Å². The number of aromatic nitrogens is 1. The maximum Gasteiger partial charge on any atom is 0.170 e. The topological polar surface area (TPSA) is 36.0 Å². The summed E-state index contributed by atoms with van der Waals surface area (Å²) < 4.78 is 10.7. The lowest BCUT2D eigenvalue weighted by Gasteiger charge is -2.00. The van der Waals surface area contributed by atoms with E-state index in [2.05, 4.69) is 4.98 Å². The van der Waals surface area contributed by atoms with Gasteiger partial charge in [-0.15, -0.1) is 0 Å². The zero-order chi connectivity index (χ0) is 6.69. The fourth-order valence-corrected chi connectivity index (χ4v) is 0.997. The minimum Gasteiger partial charge on any atom is -0.612 e. The molecular weight excluding hydrogens is 134 g/mol. The van der Waals surface area contributed by atoms with Crippen molar-refractivity contribution >= 4 is 11.2 Å². The van der Waals surface area contributed by atoms with Gasteiger partial charge in [-0.25, -0.2) is 0 Å². The maximum atomic E-state index is 10.7. The van der Waals surface area contributed by atoms with Gasteiger partial charge in [0.05, 0.1) is 6.20 Å². The van der Waals surface area contributed by atoms with Crippen molar-refractivity contribution in [3.05, 3.63) is 24.5 Å². The van der Waals surface area contributed by atoms with E-state index in [0.717, 1.165) is 4.90 Å². The average molecular weight is 141 g/mol. The quantitative estimate of drug-likeness (QED) is 0.543. The zero-order valence-corrected chi connectivity index (χ0v) is 5.89. The molecule has 9 heavy (non-hydrogen) atoms. The van der Waals surface area contributed by atoms with E-state index in [-0.39, 0.29) is 0 Å². The largest absolute Gasteiger partial charge is 0.612 e. The molecule has 1 aromatic heterocycles. The third kappa shape index (κ3) is 1.69. The van der Waals surface area contributed by atoms with E-state index < -0.39 is 11.2 Å². The summed E-state index contributed by atoms with van der Waals surface area (Å²) in [7, 11) is 0. The molecule has 1 heterocycles. The minimum atomic E-state index is -0.891. The molecule has 0 aliphatic carbocycles. The third-order valence-corrected chi connectivity index (χ3v) is 1.87. The lowest BCUT2D eigenvalue weighted by atomic mass is 10.5. The smallest absolute Gasteiger partial charge is 0.170 e. The summed E-state index contributed by atoms with van der Waals surface area (Å²) in [6.07, 6.45) is 4.91. The summed E-state index contributed by atoms with van der Waals surface area (Å²) in [6, 6.07) is 3.57. The van der Waals surface area contributed by atoms with Crippen molar-refractivity contribution in [2.45, 2.75) is 4.90 Å². The average Bonchev–Trinajstić information content (AvgIpc) is 1.90. The fourth-order valence-electron chi connectivity index (χ4n) is 0.517. The summed E-state index contributed by atoms with van der Waals surface area (Å²) in [4.78, 5) is 4.59. The molecule has 0 saturated heterocycles. The summed E-state index contributed by atoms with van der Waals surface area (Å²) in [5.74, 6) is 0. The fraction of sp³-hybridized carbons (Fsp3) is 0.167. The van der Waals surface area contributed by atoms with Crippen LogP contribution in [0.25, 0.3) is 0 Å². The van der Waals surface area contributed by atoms with Gasteiger partial charge >= 0.3 is 0 Å². The molecule has 0 radical (unpaired) electrons. The van der Waals surface area contributed by atoms with Gasteiger partial charge in [0.1, 0.15) is 6.26 Å². The lowest BCUT2D eigenvalue weighted by Crippen LogP contribution is -1.96. The van der Waals surface area contributed by atoms with Crippen molar-refractivity contribution < 1.29 is 4.55 Å². The Morgan fingerprint density at radius 2 is 2.44 bits per heavy atom. The number of nitrogens with zero attached hydrogens (tertiary/aromatic N) is 1. The molecule has 0 bridgehead atoms. The normalized spacial score (nSPS) is 13.1. The monoisotopic (exact) mass is 141 g/mol. The van der Waals surface area contributed by atoms with Crippen LogP contribution in [0.15, 0.2) is 29.4 Å². The van der Waals surface area contributed by atoms with Crippen molar-refractivity contribution in [3.63, 3.8) is 0 Å². The molecule has 1 rings (SSSR count). The molecule has 0 aromatic carbocycles. The van der Waals surface area contributed by atoms with E-state index in [9.17, 15) is 4.55 Å². The summed E-state index contributed by atoms with van der Waals surface area (Å²) >= 11 is -0.891. The van der Waals surface area contributed by atoms with Gasteiger partial charge in [-0.3, -0.25) is 4.98 Å². The second kappa shape index (κ2) is 2.85. The Bertz CT molecular complexity index is 176. The van der Waals surface area contributed by atoms with E-state index in [1.807, 2.05) is 0 Å². The number of pyridine rings is 1. The van der Waals surface area contributed by atoms with Crippen LogP contribution in [0.1, 0.15) is 0 Å². The van der Waals surface area contributed by atoms with Gasteiger partial charge in [0.2, 0.25) is 0 Å². The van der Waals surface area contributed by atoms with E-state index in [1.54, 1.807) is 30.8 Å². The Kier molecular flexibility index (Phi) is 2.08. The molecule has 1 aromatic rings. The third-order valence-electron chi connectivity index (χ3n) is 0.966. The molecule has 0 saturated carbocycles. The highest BCUT2D eigenvalue weighted by molar-refractivity contribution is 7.90. The molecular formula is C6H7NOS. The van der Waals surface area contributed by atoms with Crippen LogP contribution in [0.3, 0.4) is 0 Å². The lowest BCUT2D eigenvalue weighted by molar-refractivity contribution is 0.600. The second-order valence-corrected chi connectivity index (χ2v) is 3.02. The molecule has 48 valence electrons. The van der Waals surface area contributed by atoms with Gasteiger partial charge in [-0.2, -0.15) is 0 Å². The molecule has 1 unspecified atom stereocenters.